The van der Waals surface area contributed by atoms with Gasteiger partial charge in [0.05, 0.1) is 30.0 Å². The summed E-state index contributed by atoms with van der Waals surface area (Å²) < 4.78 is 7.41. The van der Waals surface area contributed by atoms with Gasteiger partial charge < -0.3 is 4.74 Å². The van der Waals surface area contributed by atoms with Crippen LogP contribution in [0.2, 0.25) is 0 Å². The monoisotopic (exact) mass is 379 g/mol. The molecule has 0 aliphatic heterocycles. The lowest BCUT2D eigenvalue weighted by molar-refractivity contribution is 0.301. The Morgan fingerprint density at radius 3 is 2.81 bits per heavy atom. The number of fused-ring (bicyclic) bond motifs is 3. The minimum Gasteiger partial charge on any atom is -0.494 e. The number of hydrogen-bond acceptors (Lipinski definition) is 5. The predicted molar refractivity (Wildman–Crippen MR) is 106 cm³/mol. The molecule has 1 aromatic carbocycles. The van der Waals surface area contributed by atoms with Crippen molar-refractivity contribution >= 4 is 21.6 Å². The van der Waals surface area contributed by atoms with Crippen LogP contribution >= 0.6 is 11.3 Å². The molecule has 0 saturated carbocycles. The molecule has 27 heavy (non-hydrogen) atoms. The summed E-state index contributed by atoms with van der Waals surface area (Å²) in [6.07, 6.45) is 8.07. The third-order valence-corrected chi connectivity index (χ3v) is 6.19. The number of nitrogens with zero attached hydrogens (tertiary/aromatic N) is 3. The third-order valence-electron chi connectivity index (χ3n) is 4.99. The number of aryl methyl sites for hydroxylation is 3. The molecule has 0 unspecified atom stereocenters. The third kappa shape index (κ3) is 3.74. The summed E-state index contributed by atoms with van der Waals surface area (Å²) in [6, 6.07) is 9.14. The highest BCUT2D eigenvalue weighted by Crippen LogP contribution is 2.32. The van der Waals surface area contributed by atoms with Gasteiger partial charge in [0.15, 0.2) is 0 Å². The summed E-state index contributed by atoms with van der Waals surface area (Å²) in [4.78, 5) is 19.8. The minimum absolute atomic E-state index is 0.0813. The maximum Gasteiger partial charge on any atom is 0.262 e. The van der Waals surface area contributed by atoms with Gasteiger partial charge in [-0.3, -0.25) is 9.36 Å². The van der Waals surface area contributed by atoms with Crippen LogP contribution in [0.25, 0.3) is 10.2 Å². The van der Waals surface area contributed by atoms with Crippen molar-refractivity contribution in [2.24, 2.45) is 0 Å². The molecule has 4 rings (SSSR count). The molecule has 0 amide bonds. The number of ether oxygens (including phenoxy) is 1. The highest BCUT2D eigenvalue weighted by molar-refractivity contribution is 7.18. The van der Waals surface area contributed by atoms with Gasteiger partial charge in [-0.2, -0.15) is 5.26 Å². The largest absolute Gasteiger partial charge is 0.494 e. The van der Waals surface area contributed by atoms with Crippen LogP contribution in [0.3, 0.4) is 0 Å². The van der Waals surface area contributed by atoms with Crippen LogP contribution < -0.4 is 10.3 Å². The first-order valence-corrected chi connectivity index (χ1v) is 10.2. The van der Waals surface area contributed by atoms with Crippen molar-refractivity contribution in [3.05, 3.63) is 57.0 Å². The first-order chi connectivity index (χ1) is 13.3. The summed E-state index contributed by atoms with van der Waals surface area (Å²) in [7, 11) is 0. The van der Waals surface area contributed by atoms with Crippen LogP contribution in [-0.2, 0) is 19.4 Å². The molecule has 0 N–H and O–H groups in total. The van der Waals surface area contributed by atoms with E-state index < -0.39 is 0 Å². The average Bonchev–Trinajstić information content (AvgIpc) is 2.89. The first kappa shape index (κ1) is 17.7. The van der Waals surface area contributed by atoms with Gasteiger partial charge in [-0.1, -0.05) is 6.42 Å². The zero-order chi connectivity index (χ0) is 18.6. The molecule has 0 fully saturated rings. The van der Waals surface area contributed by atoms with Crippen LogP contribution in [0.4, 0.5) is 0 Å². The SMILES string of the molecule is N#Cc1ccc(OCCCn2cnc3sc4c(c3c2=O)CCCCC4)cc1. The number of aromatic nitrogens is 2. The Labute approximate surface area is 161 Å². The van der Waals surface area contributed by atoms with Gasteiger partial charge in [0.25, 0.3) is 5.56 Å². The van der Waals surface area contributed by atoms with Crippen molar-refractivity contribution < 1.29 is 4.74 Å². The van der Waals surface area contributed by atoms with E-state index in [-0.39, 0.29) is 5.56 Å². The van der Waals surface area contributed by atoms with Gasteiger partial charge >= 0.3 is 0 Å². The predicted octanol–water partition coefficient (Wildman–Crippen LogP) is 4.07. The summed E-state index contributed by atoms with van der Waals surface area (Å²) >= 11 is 1.69. The summed E-state index contributed by atoms with van der Waals surface area (Å²) in [5, 5.41) is 9.66. The Bertz CT molecular complexity index is 1040. The van der Waals surface area contributed by atoms with Crippen molar-refractivity contribution in [1.82, 2.24) is 9.55 Å². The number of benzene rings is 1. The van der Waals surface area contributed by atoms with Crippen molar-refractivity contribution in [2.75, 3.05) is 6.61 Å². The molecule has 2 aromatic heterocycles. The van der Waals surface area contributed by atoms with Crippen molar-refractivity contribution in [2.45, 2.75) is 45.1 Å². The lowest BCUT2D eigenvalue weighted by atomic mass is 10.1. The second-order valence-electron chi connectivity index (χ2n) is 6.83. The fourth-order valence-corrected chi connectivity index (χ4v) is 4.79. The lowest BCUT2D eigenvalue weighted by Crippen LogP contribution is -2.21. The molecule has 0 radical (unpaired) electrons. The van der Waals surface area contributed by atoms with E-state index in [1.807, 2.05) is 0 Å². The molecule has 6 heteroatoms. The fraction of sp³-hybridized carbons (Fsp3) is 0.381. The molecule has 1 aliphatic rings. The zero-order valence-electron chi connectivity index (χ0n) is 15.1. The Morgan fingerprint density at radius 2 is 2.00 bits per heavy atom. The number of thiophene rings is 1. The molecule has 1 aliphatic carbocycles. The number of rotatable bonds is 5. The number of hydrogen-bond donors (Lipinski definition) is 0. The lowest BCUT2D eigenvalue weighted by Gasteiger charge is -2.08. The molecule has 0 atom stereocenters. The summed E-state index contributed by atoms with van der Waals surface area (Å²) in [5.74, 6) is 0.734. The molecular weight excluding hydrogens is 358 g/mol. The van der Waals surface area contributed by atoms with Gasteiger partial charge in [-0.05, 0) is 61.9 Å². The van der Waals surface area contributed by atoms with E-state index in [1.165, 1.54) is 23.3 Å². The minimum atomic E-state index is 0.0813. The highest BCUT2D eigenvalue weighted by Gasteiger charge is 2.18. The van der Waals surface area contributed by atoms with E-state index in [2.05, 4.69) is 11.1 Å². The molecule has 5 nitrogen and oxygen atoms in total. The van der Waals surface area contributed by atoms with E-state index >= 15 is 0 Å². The molecule has 138 valence electrons. The fourth-order valence-electron chi connectivity index (χ4n) is 3.57. The van der Waals surface area contributed by atoms with Crippen molar-refractivity contribution in [1.29, 1.82) is 5.26 Å². The van der Waals surface area contributed by atoms with E-state index in [1.54, 1.807) is 46.5 Å². The molecular formula is C21H21N3O2S. The Morgan fingerprint density at radius 1 is 1.19 bits per heavy atom. The molecule has 2 heterocycles. The van der Waals surface area contributed by atoms with Crippen LogP contribution in [0.5, 0.6) is 5.75 Å². The topological polar surface area (TPSA) is 67.9 Å². The van der Waals surface area contributed by atoms with Crippen LogP contribution in [-0.4, -0.2) is 16.2 Å². The van der Waals surface area contributed by atoms with Crippen molar-refractivity contribution in [3.63, 3.8) is 0 Å². The second kappa shape index (κ2) is 7.93. The van der Waals surface area contributed by atoms with Gasteiger partial charge in [-0.15, -0.1) is 11.3 Å². The van der Waals surface area contributed by atoms with Gasteiger partial charge in [0, 0.05) is 11.4 Å². The van der Waals surface area contributed by atoms with Crippen molar-refractivity contribution in [3.8, 4) is 11.8 Å². The Kier molecular flexibility index (Phi) is 5.21. The zero-order valence-corrected chi connectivity index (χ0v) is 15.9. The molecule has 3 aromatic rings. The summed E-state index contributed by atoms with van der Waals surface area (Å²) in [6.45, 7) is 1.10. The molecule has 0 spiro atoms. The van der Waals surface area contributed by atoms with Gasteiger partial charge in [0.1, 0.15) is 10.6 Å². The maximum absolute atomic E-state index is 13.0. The standard InChI is InChI=1S/C21H21N3O2S/c22-13-15-7-9-16(10-8-15)26-12-4-11-24-14-23-20-19(21(24)25)17-5-2-1-3-6-18(17)27-20/h7-10,14H,1-6,11-12H2. The smallest absolute Gasteiger partial charge is 0.262 e. The van der Waals surface area contributed by atoms with E-state index in [4.69, 9.17) is 10.00 Å². The van der Waals surface area contributed by atoms with Crippen LogP contribution in [0.1, 0.15) is 41.7 Å². The average molecular weight is 379 g/mol. The Balaban J connectivity index is 1.44. The van der Waals surface area contributed by atoms with Gasteiger partial charge in [0.2, 0.25) is 0 Å². The van der Waals surface area contributed by atoms with Crippen LogP contribution in [0, 0.1) is 11.3 Å². The van der Waals surface area contributed by atoms with Crippen LogP contribution in [0.15, 0.2) is 35.4 Å². The van der Waals surface area contributed by atoms with E-state index in [0.29, 0.717) is 18.7 Å². The first-order valence-electron chi connectivity index (χ1n) is 9.39. The maximum atomic E-state index is 13.0. The summed E-state index contributed by atoms with van der Waals surface area (Å²) in [5.41, 5.74) is 1.94. The highest BCUT2D eigenvalue weighted by atomic mass is 32.1. The second-order valence-corrected chi connectivity index (χ2v) is 7.91. The Hall–Kier alpha value is -2.65. The van der Waals surface area contributed by atoms with Gasteiger partial charge in [-0.25, -0.2) is 4.98 Å². The molecule has 0 saturated heterocycles. The van der Waals surface area contributed by atoms with E-state index in [0.717, 1.165) is 41.6 Å². The molecule has 0 bridgehead atoms. The quantitative estimate of drug-likeness (QED) is 0.495. The number of nitriles is 1. The van der Waals surface area contributed by atoms with E-state index in [9.17, 15) is 4.79 Å². The normalized spacial score (nSPS) is 13.7.